The molecule has 0 saturated heterocycles. The Bertz CT molecular complexity index is 820. The van der Waals surface area contributed by atoms with Gasteiger partial charge in [-0.3, -0.25) is 14.6 Å². The average molecular weight is 344 g/mol. The number of ketones is 1. The third-order valence-electron chi connectivity index (χ3n) is 3.91. The molecule has 126 valence electrons. The molecule has 1 aromatic heterocycles. The number of aromatic nitrogens is 2. The van der Waals surface area contributed by atoms with Crippen molar-refractivity contribution in [2.75, 3.05) is 5.32 Å². The zero-order chi connectivity index (χ0) is 17.1. The number of nitrogens with zero attached hydrogens (tertiary/aromatic N) is 3. The van der Waals surface area contributed by atoms with Crippen LogP contribution in [0.2, 0.25) is 0 Å². The maximum absolute atomic E-state index is 11.6. The molecule has 0 bridgehead atoms. The van der Waals surface area contributed by atoms with E-state index in [-0.39, 0.29) is 11.9 Å². The van der Waals surface area contributed by atoms with Crippen molar-refractivity contribution in [2.45, 2.75) is 38.6 Å². The quantitative estimate of drug-likeness (QED) is 0.929. The lowest BCUT2D eigenvalue weighted by atomic mass is 9.95. The van der Waals surface area contributed by atoms with Crippen LogP contribution in [0, 0.1) is 0 Å². The fraction of sp³-hybridized carbons (Fsp3) is 0.412. The van der Waals surface area contributed by atoms with E-state index in [1.807, 2.05) is 31.3 Å². The molecule has 2 aromatic rings. The molecule has 6 nitrogen and oxygen atoms in total. The molecule has 0 spiro atoms. The van der Waals surface area contributed by atoms with Gasteiger partial charge in [0.25, 0.3) is 0 Å². The first-order valence-electron chi connectivity index (χ1n) is 7.99. The fourth-order valence-electron chi connectivity index (χ4n) is 2.75. The first kappa shape index (κ1) is 16.6. The van der Waals surface area contributed by atoms with E-state index in [0.29, 0.717) is 18.6 Å². The van der Waals surface area contributed by atoms with Crippen molar-refractivity contribution >= 4 is 28.7 Å². The number of hydrogen-bond donors (Lipinski definition) is 1. The molecule has 24 heavy (non-hydrogen) atoms. The van der Waals surface area contributed by atoms with Crippen molar-refractivity contribution in [3.63, 3.8) is 0 Å². The predicted octanol–water partition coefficient (Wildman–Crippen LogP) is 2.52. The molecule has 1 atom stereocenters. The van der Waals surface area contributed by atoms with Gasteiger partial charge in [-0.05, 0) is 37.1 Å². The van der Waals surface area contributed by atoms with Crippen molar-refractivity contribution in [1.82, 2.24) is 9.78 Å². The first-order chi connectivity index (χ1) is 11.5. The number of anilines is 1. The Morgan fingerprint density at radius 2 is 2.12 bits per heavy atom. The van der Waals surface area contributed by atoms with Gasteiger partial charge in [0.2, 0.25) is 10.7 Å². The SMILES string of the molecule is CC(=O)Nc1ccc(-c2nn(C)/c(=N\C3CCCC(=O)C3)s2)cc1. The summed E-state index contributed by atoms with van der Waals surface area (Å²) in [6.07, 6.45) is 3.11. The highest BCUT2D eigenvalue weighted by atomic mass is 32.1. The first-order valence-corrected chi connectivity index (χ1v) is 8.80. The van der Waals surface area contributed by atoms with E-state index >= 15 is 0 Å². The average Bonchev–Trinajstić information content (AvgIpc) is 2.88. The Balaban J connectivity index is 1.83. The summed E-state index contributed by atoms with van der Waals surface area (Å²) in [4.78, 5) is 28.2. The lowest BCUT2D eigenvalue weighted by molar-refractivity contribution is -0.120. The summed E-state index contributed by atoms with van der Waals surface area (Å²) in [6.45, 7) is 1.48. The summed E-state index contributed by atoms with van der Waals surface area (Å²) in [5.41, 5.74) is 1.74. The summed E-state index contributed by atoms with van der Waals surface area (Å²) < 4.78 is 1.76. The second kappa shape index (κ2) is 7.09. The molecule has 7 heteroatoms. The van der Waals surface area contributed by atoms with Crippen molar-refractivity contribution in [3.8, 4) is 10.6 Å². The Morgan fingerprint density at radius 1 is 1.38 bits per heavy atom. The molecular weight excluding hydrogens is 324 g/mol. The van der Waals surface area contributed by atoms with Gasteiger partial charge in [0.1, 0.15) is 10.8 Å². The molecule has 1 heterocycles. The van der Waals surface area contributed by atoms with Crippen molar-refractivity contribution in [2.24, 2.45) is 12.0 Å². The minimum atomic E-state index is -0.0912. The fourth-order valence-corrected chi connectivity index (χ4v) is 3.71. The van der Waals surface area contributed by atoms with Gasteiger partial charge in [0.05, 0.1) is 6.04 Å². The molecule has 1 N–H and O–H groups in total. The largest absolute Gasteiger partial charge is 0.326 e. The van der Waals surface area contributed by atoms with Gasteiger partial charge in [-0.25, -0.2) is 4.68 Å². The number of nitrogens with one attached hydrogen (secondary N) is 1. The van der Waals surface area contributed by atoms with E-state index in [1.54, 1.807) is 4.68 Å². The second-order valence-electron chi connectivity index (χ2n) is 5.99. The molecule has 1 amide bonds. The molecule has 3 rings (SSSR count). The topological polar surface area (TPSA) is 76.3 Å². The highest BCUT2D eigenvalue weighted by Gasteiger charge is 2.19. The van der Waals surface area contributed by atoms with Gasteiger partial charge in [0, 0.05) is 38.1 Å². The lowest BCUT2D eigenvalue weighted by Crippen LogP contribution is -2.22. The second-order valence-corrected chi connectivity index (χ2v) is 6.95. The van der Waals surface area contributed by atoms with Crippen LogP contribution in [-0.2, 0) is 16.6 Å². The van der Waals surface area contributed by atoms with Crippen molar-refractivity contribution in [1.29, 1.82) is 0 Å². The number of aryl methyl sites for hydroxylation is 1. The van der Waals surface area contributed by atoms with E-state index in [2.05, 4.69) is 10.4 Å². The smallest absolute Gasteiger partial charge is 0.221 e. The Labute approximate surface area is 144 Å². The zero-order valence-corrected chi connectivity index (χ0v) is 14.6. The van der Waals surface area contributed by atoms with Crippen LogP contribution < -0.4 is 10.1 Å². The minimum Gasteiger partial charge on any atom is -0.326 e. The maximum Gasteiger partial charge on any atom is 0.221 e. The van der Waals surface area contributed by atoms with E-state index in [9.17, 15) is 9.59 Å². The maximum atomic E-state index is 11.6. The summed E-state index contributed by atoms with van der Waals surface area (Å²) in [6, 6.07) is 7.65. The Hall–Kier alpha value is -2.28. The van der Waals surface area contributed by atoms with Crippen LogP contribution in [0.1, 0.15) is 32.6 Å². The number of hydrogen-bond acceptors (Lipinski definition) is 5. The molecular formula is C17H20N4O2S. The Kier molecular flexibility index (Phi) is 4.89. The molecule has 0 aliphatic heterocycles. The minimum absolute atomic E-state index is 0.0768. The molecule has 1 fully saturated rings. The van der Waals surface area contributed by atoms with Crippen molar-refractivity contribution < 1.29 is 9.59 Å². The molecule has 0 radical (unpaired) electrons. The van der Waals surface area contributed by atoms with E-state index in [0.717, 1.165) is 33.9 Å². The summed E-state index contributed by atoms with van der Waals surface area (Å²) in [5.74, 6) is 0.211. The lowest BCUT2D eigenvalue weighted by Gasteiger charge is -2.15. The van der Waals surface area contributed by atoms with Crippen LogP contribution in [0.15, 0.2) is 29.3 Å². The third kappa shape index (κ3) is 3.97. The summed E-state index contributed by atoms with van der Waals surface area (Å²) in [7, 11) is 1.87. The van der Waals surface area contributed by atoms with E-state index in [1.165, 1.54) is 18.3 Å². The highest BCUT2D eigenvalue weighted by Crippen LogP contribution is 2.22. The monoisotopic (exact) mass is 344 g/mol. The highest BCUT2D eigenvalue weighted by molar-refractivity contribution is 7.12. The van der Waals surface area contributed by atoms with Crippen molar-refractivity contribution in [3.05, 3.63) is 29.1 Å². The van der Waals surface area contributed by atoms with Gasteiger partial charge in [-0.1, -0.05) is 11.3 Å². The van der Waals surface area contributed by atoms with Gasteiger partial charge in [-0.15, -0.1) is 0 Å². The van der Waals surface area contributed by atoms with Crippen LogP contribution in [0.4, 0.5) is 5.69 Å². The van der Waals surface area contributed by atoms with E-state index in [4.69, 9.17) is 4.99 Å². The zero-order valence-electron chi connectivity index (χ0n) is 13.8. The van der Waals surface area contributed by atoms with Crippen LogP contribution in [0.5, 0.6) is 0 Å². The number of rotatable bonds is 3. The van der Waals surface area contributed by atoms with Crippen LogP contribution in [0.3, 0.4) is 0 Å². The van der Waals surface area contributed by atoms with Gasteiger partial charge < -0.3 is 5.32 Å². The molecule has 1 saturated carbocycles. The van der Waals surface area contributed by atoms with Crippen LogP contribution in [0.25, 0.3) is 10.6 Å². The number of carbonyl (C=O) groups is 2. The van der Waals surface area contributed by atoms with Gasteiger partial charge in [0.15, 0.2) is 0 Å². The number of benzene rings is 1. The standard InChI is InChI=1S/C17H20N4O2S/c1-11(22)18-13-8-6-12(7-9-13)16-20-21(2)17(24-16)19-14-4-3-5-15(23)10-14/h6-9,14H,3-5,10H2,1-2H3,(H,18,22)/b19-17+. The summed E-state index contributed by atoms with van der Waals surface area (Å²) in [5, 5.41) is 8.14. The van der Waals surface area contributed by atoms with Crippen LogP contribution >= 0.6 is 11.3 Å². The third-order valence-corrected chi connectivity index (χ3v) is 4.97. The number of carbonyl (C=O) groups excluding carboxylic acids is 2. The molecule has 1 unspecified atom stereocenters. The number of amides is 1. The number of Topliss-reactive ketones (excluding diaryl/α,β-unsaturated/α-hetero) is 1. The molecule has 1 aromatic carbocycles. The summed E-state index contributed by atoms with van der Waals surface area (Å²) >= 11 is 1.51. The van der Waals surface area contributed by atoms with Gasteiger partial charge >= 0.3 is 0 Å². The molecule has 1 aliphatic rings. The predicted molar refractivity (Wildman–Crippen MR) is 93.7 cm³/mol. The normalized spacial score (nSPS) is 18.7. The molecule has 1 aliphatic carbocycles. The van der Waals surface area contributed by atoms with Gasteiger partial charge in [-0.2, -0.15) is 5.10 Å². The Morgan fingerprint density at radius 3 is 2.79 bits per heavy atom. The van der Waals surface area contributed by atoms with E-state index < -0.39 is 0 Å². The van der Waals surface area contributed by atoms with Crippen LogP contribution in [-0.4, -0.2) is 27.5 Å².